The molecule has 0 saturated heterocycles. The molecule has 20 heavy (non-hydrogen) atoms. The van der Waals surface area contributed by atoms with Crippen LogP contribution in [0.25, 0.3) is 0 Å². The second-order valence-electron chi connectivity index (χ2n) is 4.92. The molecule has 5 nitrogen and oxygen atoms in total. The number of aliphatic hydroxyl groups excluding tert-OH is 1. The smallest absolute Gasteiger partial charge is 0.244 e. The summed E-state index contributed by atoms with van der Waals surface area (Å²) in [7, 11) is -2.19. The molecule has 112 valence electrons. The first kappa shape index (κ1) is 15.8. The van der Waals surface area contributed by atoms with E-state index in [-0.39, 0.29) is 17.0 Å². The molecule has 0 atom stereocenters. The summed E-state index contributed by atoms with van der Waals surface area (Å²) < 4.78 is 33.4. The average molecular weight is 364 g/mol. The topological polar surface area (TPSA) is 75.6 Å². The van der Waals surface area contributed by atoms with Gasteiger partial charge in [-0.2, -0.15) is 0 Å². The van der Waals surface area contributed by atoms with Crippen LogP contribution in [0.4, 0.5) is 0 Å². The normalized spacial score (nSPS) is 23.6. The van der Waals surface area contributed by atoms with E-state index >= 15 is 0 Å². The van der Waals surface area contributed by atoms with Crippen molar-refractivity contribution in [3.8, 4) is 5.75 Å². The van der Waals surface area contributed by atoms with E-state index in [1.165, 1.54) is 13.2 Å². The Kier molecular flexibility index (Phi) is 5.06. The Morgan fingerprint density at radius 1 is 1.30 bits per heavy atom. The van der Waals surface area contributed by atoms with E-state index in [0.717, 1.165) is 0 Å². The Bertz CT molecular complexity index is 568. The van der Waals surface area contributed by atoms with Crippen molar-refractivity contribution in [1.82, 2.24) is 4.72 Å². The third kappa shape index (κ3) is 3.72. The molecule has 0 aliphatic heterocycles. The first-order chi connectivity index (χ1) is 9.42. The lowest BCUT2D eigenvalue weighted by Crippen LogP contribution is -2.38. The number of aliphatic hydroxyl groups is 1. The highest BCUT2D eigenvalue weighted by Crippen LogP contribution is 2.28. The summed E-state index contributed by atoms with van der Waals surface area (Å²) in [6.45, 7) is 0. The molecule has 0 spiro atoms. The number of nitrogens with one attached hydrogen (secondary N) is 1. The first-order valence-corrected chi connectivity index (χ1v) is 8.74. The van der Waals surface area contributed by atoms with Crippen LogP contribution in [0.15, 0.2) is 27.6 Å². The Morgan fingerprint density at radius 2 is 1.95 bits per heavy atom. The molecule has 2 rings (SSSR count). The van der Waals surface area contributed by atoms with Crippen LogP contribution in [-0.2, 0) is 10.0 Å². The van der Waals surface area contributed by atoms with Crippen molar-refractivity contribution < 1.29 is 18.3 Å². The maximum absolute atomic E-state index is 12.4. The fourth-order valence-corrected chi connectivity index (χ4v) is 4.35. The summed E-state index contributed by atoms with van der Waals surface area (Å²) in [5, 5.41) is 9.46. The lowest BCUT2D eigenvalue weighted by Gasteiger charge is -2.26. The molecule has 1 aromatic carbocycles. The van der Waals surface area contributed by atoms with Gasteiger partial charge < -0.3 is 9.84 Å². The van der Waals surface area contributed by atoms with Crippen LogP contribution in [-0.4, -0.2) is 32.8 Å². The van der Waals surface area contributed by atoms with Crippen LogP contribution in [0.1, 0.15) is 25.7 Å². The van der Waals surface area contributed by atoms with Gasteiger partial charge in [0.05, 0.1) is 13.2 Å². The number of benzene rings is 1. The van der Waals surface area contributed by atoms with E-state index in [4.69, 9.17) is 4.74 Å². The number of hydrogen-bond donors (Lipinski definition) is 2. The molecule has 0 radical (unpaired) electrons. The molecule has 0 unspecified atom stereocenters. The molecule has 1 aromatic rings. The maximum atomic E-state index is 12.4. The molecule has 1 saturated carbocycles. The average Bonchev–Trinajstić information content (AvgIpc) is 2.41. The standard InChI is InChI=1S/C13H18BrNO4S/c1-19-12-7-2-9(14)8-13(12)20(17,18)15-10-3-5-11(16)6-4-10/h2,7-8,10-11,15-16H,3-6H2,1H3/t10-,11+. The number of methoxy groups -OCH3 is 1. The quantitative estimate of drug-likeness (QED) is 0.858. The predicted molar refractivity (Wildman–Crippen MR) is 79.3 cm³/mol. The minimum atomic E-state index is -3.63. The molecule has 1 aliphatic carbocycles. The third-order valence-electron chi connectivity index (χ3n) is 3.43. The zero-order chi connectivity index (χ0) is 14.8. The first-order valence-electron chi connectivity index (χ1n) is 6.46. The van der Waals surface area contributed by atoms with Crippen LogP contribution in [0.2, 0.25) is 0 Å². The van der Waals surface area contributed by atoms with Crippen molar-refractivity contribution in [2.75, 3.05) is 7.11 Å². The van der Waals surface area contributed by atoms with Gasteiger partial charge in [0, 0.05) is 10.5 Å². The Labute approximate surface area is 127 Å². The summed E-state index contributed by atoms with van der Waals surface area (Å²) in [4.78, 5) is 0.125. The third-order valence-corrected chi connectivity index (χ3v) is 5.47. The Balaban J connectivity index is 2.20. The van der Waals surface area contributed by atoms with Gasteiger partial charge in [-0.3, -0.25) is 0 Å². The molecule has 0 heterocycles. The van der Waals surface area contributed by atoms with Gasteiger partial charge in [-0.15, -0.1) is 0 Å². The van der Waals surface area contributed by atoms with Crippen molar-refractivity contribution >= 4 is 26.0 Å². The lowest BCUT2D eigenvalue weighted by molar-refractivity contribution is 0.120. The van der Waals surface area contributed by atoms with E-state index in [2.05, 4.69) is 20.7 Å². The van der Waals surface area contributed by atoms with Crippen LogP contribution in [0.5, 0.6) is 5.75 Å². The van der Waals surface area contributed by atoms with Crippen molar-refractivity contribution in [2.24, 2.45) is 0 Å². The summed E-state index contributed by atoms with van der Waals surface area (Å²) in [5.41, 5.74) is 0. The number of rotatable bonds is 4. The van der Waals surface area contributed by atoms with Gasteiger partial charge >= 0.3 is 0 Å². The highest BCUT2D eigenvalue weighted by atomic mass is 79.9. The molecule has 0 amide bonds. The van der Waals surface area contributed by atoms with E-state index in [9.17, 15) is 13.5 Å². The highest BCUT2D eigenvalue weighted by Gasteiger charge is 2.26. The van der Waals surface area contributed by atoms with Gasteiger partial charge in [0.25, 0.3) is 0 Å². The van der Waals surface area contributed by atoms with Crippen LogP contribution < -0.4 is 9.46 Å². The predicted octanol–water partition coefficient (Wildman–Crippen LogP) is 2.04. The van der Waals surface area contributed by atoms with Crippen molar-refractivity contribution in [1.29, 1.82) is 0 Å². The van der Waals surface area contributed by atoms with Crippen LogP contribution in [0, 0.1) is 0 Å². The minimum Gasteiger partial charge on any atom is -0.495 e. The van der Waals surface area contributed by atoms with Gasteiger partial charge in [-0.1, -0.05) is 15.9 Å². The van der Waals surface area contributed by atoms with Crippen molar-refractivity contribution in [3.05, 3.63) is 22.7 Å². The molecular formula is C13H18BrNO4S. The Morgan fingerprint density at radius 3 is 2.55 bits per heavy atom. The van der Waals surface area contributed by atoms with Crippen molar-refractivity contribution in [2.45, 2.75) is 42.7 Å². The second-order valence-corrected chi connectivity index (χ2v) is 7.52. The SMILES string of the molecule is COc1ccc(Br)cc1S(=O)(=O)N[C@H]1CC[C@@H](O)CC1. The summed E-state index contributed by atoms with van der Waals surface area (Å²) in [6.07, 6.45) is 2.25. The van der Waals surface area contributed by atoms with Crippen molar-refractivity contribution in [3.63, 3.8) is 0 Å². The summed E-state index contributed by atoms with van der Waals surface area (Å²) in [6, 6.07) is 4.74. The summed E-state index contributed by atoms with van der Waals surface area (Å²) >= 11 is 3.27. The molecule has 2 N–H and O–H groups in total. The van der Waals surface area contributed by atoms with E-state index in [1.807, 2.05) is 0 Å². The minimum absolute atomic E-state index is 0.125. The molecular weight excluding hydrogens is 346 g/mol. The van der Waals surface area contributed by atoms with Crippen LogP contribution >= 0.6 is 15.9 Å². The van der Waals surface area contributed by atoms with E-state index in [0.29, 0.717) is 35.9 Å². The fourth-order valence-electron chi connectivity index (χ4n) is 2.34. The van der Waals surface area contributed by atoms with Gasteiger partial charge in [0.15, 0.2) is 0 Å². The summed E-state index contributed by atoms with van der Waals surface area (Å²) in [5.74, 6) is 0.316. The maximum Gasteiger partial charge on any atom is 0.244 e. The van der Waals surface area contributed by atoms with Gasteiger partial charge in [-0.05, 0) is 43.9 Å². The van der Waals surface area contributed by atoms with Gasteiger partial charge in [-0.25, -0.2) is 13.1 Å². The molecule has 0 aromatic heterocycles. The molecule has 7 heteroatoms. The number of halogens is 1. The molecule has 0 bridgehead atoms. The Hall–Kier alpha value is -0.630. The monoisotopic (exact) mass is 363 g/mol. The number of sulfonamides is 1. The fraction of sp³-hybridized carbons (Fsp3) is 0.538. The van der Waals surface area contributed by atoms with E-state index < -0.39 is 10.0 Å². The van der Waals surface area contributed by atoms with Gasteiger partial charge in [0.2, 0.25) is 10.0 Å². The van der Waals surface area contributed by atoms with Crippen LogP contribution in [0.3, 0.4) is 0 Å². The zero-order valence-corrected chi connectivity index (χ0v) is 13.6. The lowest BCUT2D eigenvalue weighted by atomic mass is 9.94. The van der Waals surface area contributed by atoms with Gasteiger partial charge in [0.1, 0.15) is 10.6 Å². The van der Waals surface area contributed by atoms with E-state index in [1.54, 1.807) is 12.1 Å². The number of hydrogen-bond acceptors (Lipinski definition) is 4. The molecule has 1 aliphatic rings. The number of ether oxygens (including phenoxy) is 1. The second kappa shape index (κ2) is 6.43. The zero-order valence-electron chi connectivity index (χ0n) is 11.2. The largest absolute Gasteiger partial charge is 0.495 e. The highest BCUT2D eigenvalue weighted by molar-refractivity contribution is 9.10. The molecule has 1 fully saturated rings.